The Morgan fingerprint density at radius 1 is 1.22 bits per heavy atom. The quantitative estimate of drug-likeness (QED) is 0.842. The Balaban J connectivity index is 2.80. The highest BCUT2D eigenvalue weighted by atomic mass is 16.3. The number of hydrogen-bond acceptors (Lipinski definition) is 3. The minimum atomic E-state index is -0.0923. The smallest absolute Gasteiger partial charge is 0.126 e. The van der Waals surface area contributed by atoms with Gasteiger partial charge in [0.05, 0.1) is 0 Å². The van der Waals surface area contributed by atoms with E-state index in [2.05, 4.69) is 51.0 Å². The van der Waals surface area contributed by atoms with Gasteiger partial charge in [-0.05, 0) is 36.8 Å². The van der Waals surface area contributed by atoms with Crippen LogP contribution in [0.15, 0.2) is 18.3 Å². The predicted molar refractivity (Wildman–Crippen MR) is 77.0 cm³/mol. The topological polar surface area (TPSA) is 45.1 Å². The minimum absolute atomic E-state index is 0.0923. The van der Waals surface area contributed by atoms with Crippen LogP contribution in [0.25, 0.3) is 0 Å². The van der Waals surface area contributed by atoms with Crippen molar-refractivity contribution >= 4 is 5.82 Å². The summed E-state index contributed by atoms with van der Waals surface area (Å²) in [6.07, 6.45) is 3.61. The number of anilines is 1. The van der Waals surface area contributed by atoms with Crippen LogP contribution in [-0.2, 0) is 5.41 Å². The first-order valence-electron chi connectivity index (χ1n) is 6.66. The number of aliphatic hydroxyl groups excluding tert-OH is 1. The monoisotopic (exact) mass is 250 g/mol. The van der Waals surface area contributed by atoms with Gasteiger partial charge in [-0.1, -0.05) is 33.8 Å². The van der Waals surface area contributed by atoms with Crippen LogP contribution in [0.5, 0.6) is 0 Å². The highest BCUT2D eigenvalue weighted by molar-refractivity contribution is 5.39. The predicted octanol–water partition coefficient (Wildman–Crippen LogP) is 3.34. The van der Waals surface area contributed by atoms with Gasteiger partial charge in [0, 0.05) is 18.3 Å². The highest BCUT2D eigenvalue weighted by Gasteiger charge is 2.21. The van der Waals surface area contributed by atoms with Crippen LogP contribution in [0.3, 0.4) is 0 Å². The molecule has 2 N–H and O–H groups in total. The lowest BCUT2D eigenvalue weighted by Crippen LogP contribution is -2.35. The van der Waals surface area contributed by atoms with E-state index in [9.17, 15) is 0 Å². The van der Waals surface area contributed by atoms with Gasteiger partial charge in [-0.3, -0.25) is 0 Å². The van der Waals surface area contributed by atoms with E-state index >= 15 is 0 Å². The lowest BCUT2D eigenvalue weighted by molar-refractivity contribution is 0.252. The fourth-order valence-electron chi connectivity index (χ4n) is 1.80. The Bertz CT molecular complexity index is 367. The van der Waals surface area contributed by atoms with Crippen molar-refractivity contribution in [2.45, 2.75) is 58.4 Å². The SMILES string of the molecule is CCC(C)(CCO)Nc1ccc(C(C)(C)C)cn1. The second-order valence-electron chi connectivity index (χ2n) is 6.19. The molecule has 1 rings (SSSR count). The van der Waals surface area contributed by atoms with Gasteiger partial charge in [-0.15, -0.1) is 0 Å². The first kappa shape index (κ1) is 15.0. The van der Waals surface area contributed by atoms with E-state index in [0.29, 0.717) is 0 Å². The summed E-state index contributed by atoms with van der Waals surface area (Å²) in [6, 6.07) is 4.14. The van der Waals surface area contributed by atoms with Crippen LogP contribution >= 0.6 is 0 Å². The first-order chi connectivity index (χ1) is 8.30. The van der Waals surface area contributed by atoms with Crippen molar-refractivity contribution in [3.8, 4) is 0 Å². The average molecular weight is 250 g/mol. The number of nitrogens with one attached hydrogen (secondary N) is 1. The van der Waals surface area contributed by atoms with Gasteiger partial charge in [0.2, 0.25) is 0 Å². The summed E-state index contributed by atoms with van der Waals surface area (Å²) in [5.74, 6) is 0.876. The van der Waals surface area contributed by atoms with Crippen LogP contribution in [0, 0.1) is 0 Å². The average Bonchev–Trinajstić information content (AvgIpc) is 2.29. The summed E-state index contributed by atoms with van der Waals surface area (Å²) in [6.45, 7) is 11.0. The molecule has 0 radical (unpaired) electrons. The van der Waals surface area contributed by atoms with E-state index in [1.807, 2.05) is 12.3 Å². The number of pyridine rings is 1. The molecule has 0 saturated heterocycles. The van der Waals surface area contributed by atoms with E-state index < -0.39 is 0 Å². The summed E-state index contributed by atoms with van der Waals surface area (Å²) in [4.78, 5) is 4.47. The first-order valence-corrected chi connectivity index (χ1v) is 6.66. The molecule has 1 atom stereocenters. The van der Waals surface area contributed by atoms with Gasteiger partial charge in [-0.25, -0.2) is 4.98 Å². The molecule has 1 aromatic rings. The molecule has 3 heteroatoms. The van der Waals surface area contributed by atoms with Crippen molar-refractivity contribution in [1.29, 1.82) is 0 Å². The maximum atomic E-state index is 9.10. The molecule has 1 heterocycles. The summed E-state index contributed by atoms with van der Waals surface area (Å²) >= 11 is 0. The van der Waals surface area contributed by atoms with Crippen molar-refractivity contribution in [2.24, 2.45) is 0 Å². The molecule has 0 bridgehead atoms. The van der Waals surface area contributed by atoms with E-state index in [1.165, 1.54) is 5.56 Å². The molecular weight excluding hydrogens is 224 g/mol. The van der Waals surface area contributed by atoms with Crippen LogP contribution < -0.4 is 5.32 Å². The molecular formula is C15H26N2O. The van der Waals surface area contributed by atoms with Crippen molar-refractivity contribution in [2.75, 3.05) is 11.9 Å². The summed E-state index contributed by atoms with van der Waals surface area (Å²) in [5.41, 5.74) is 1.27. The second-order valence-corrected chi connectivity index (χ2v) is 6.19. The molecule has 0 saturated carbocycles. The van der Waals surface area contributed by atoms with Crippen molar-refractivity contribution in [3.63, 3.8) is 0 Å². The van der Waals surface area contributed by atoms with Crippen molar-refractivity contribution in [3.05, 3.63) is 23.9 Å². The Morgan fingerprint density at radius 3 is 2.28 bits per heavy atom. The molecule has 0 amide bonds. The van der Waals surface area contributed by atoms with E-state index in [1.54, 1.807) is 0 Å². The molecule has 3 nitrogen and oxygen atoms in total. The Labute approximate surface area is 111 Å². The Hall–Kier alpha value is -1.09. The molecule has 1 unspecified atom stereocenters. The van der Waals surface area contributed by atoms with Gasteiger partial charge in [0.1, 0.15) is 5.82 Å². The lowest BCUT2D eigenvalue weighted by atomic mass is 9.88. The molecule has 0 aliphatic carbocycles. The van der Waals surface area contributed by atoms with Crippen molar-refractivity contribution < 1.29 is 5.11 Å². The fourth-order valence-corrected chi connectivity index (χ4v) is 1.80. The summed E-state index contributed by atoms with van der Waals surface area (Å²) in [5, 5.41) is 12.5. The van der Waals surface area contributed by atoms with E-state index in [-0.39, 0.29) is 17.6 Å². The zero-order valence-corrected chi connectivity index (χ0v) is 12.2. The number of aliphatic hydroxyl groups is 1. The third kappa shape index (κ3) is 3.98. The largest absolute Gasteiger partial charge is 0.396 e. The fraction of sp³-hybridized carbons (Fsp3) is 0.667. The molecule has 0 aliphatic heterocycles. The highest BCUT2D eigenvalue weighted by Crippen LogP contribution is 2.24. The third-order valence-electron chi connectivity index (χ3n) is 3.50. The third-order valence-corrected chi connectivity index (χ3v) is 3.50. The molecule has 0 aliphatic rings. The normalized spacial score (nSPS) is 15.2. The van der Waals surface area contributed by atoms with Gasteiger partial charge < -0.3 is 10.4 Å². The standard InChI is InChI=1S/C15H26N2O/c1-6-15(5,9-10-18)17-13-8-7-12(11-16-13)14(2,3)4/h7-8,11,18H,6,9-10H2,1-5H3,(H,16,17). The summed E-state index contributed by atoms with van der Waals surface area (Å²) in [7, 11) is 0. The van der Waals surface area contributed by atoms with Crippen LogP contribution in [-0.4, -0.2) is 22.2 Å². The minimum Gasteiger partial charge on any atom is -0.396 e. The van der Waals surface area contributed by atoms with Crippen LogP contribution in [0.4, 0.5) is 5.82 Å². The second kappa shape index (κ2) is 5.70. The number of nitrogens with zero attached hydrogens (tertiary/aromatic N) is 1. The molecule has 1 aromatic heterocycles. The molecule has 0 aromatic carbocycles. The van der Waals surface area contributed by atoms with Gasteiger partial charge >= 0.3 is 0 Å². The maximum Gasteiger partial charge on any atom is 0.126 e. The summed E-state index contributed by atoms with van der Waals surface area (Å²) < 4.78 is 0. The number of aromatic nitrogens is 1. The Kier molecular flexibility index (Phi) is 4.74. The van der Waals surface area contributed by atoms with Gasteiger partial charge in [-0.2, -0.15) is 0 Å². The van der Waals surface area contributed by atoms with E-state index in [4.69, 9.17) is 5.11 Å². The number of rotatable bonds is 5. The number of hydrogen-bond donors (Lipinski definition) is 2. The lowest BCUT2D eigenvalue weighted by Gasteiger charge is -2.30. The zero-order chi connectivity index (χ0) is 13.8. The van der Waals surface area contributed by atoms with Crippen LogP contribution in [0.1, 0.15) is 53.0 Å². The molecule has 0 spiro atoms. The molecule has 18 heavy (non-hydrogen) atoms. The van der Waals surface area contributed by atoms with E-state index in [0.717, 1.165) is 18.7 Å². The zero-order valence-electron chi connectivity index (χ0n) is 12.2. The van der Waals surface area contributed by atoms with Gasteiger partial charge in [0.25, 0.3) is 0 Å². The molecule has 102 valence electrons. The van der Waals surface area contributed by atoms with Gasteiger partial charge in [0.15, 0.2) is 0 Å². The maximum absolute atomic E-state index is 9.10. The van der Waals surface area contributed by atoms with Crippen molar-refractivity contribution in [1.82, 2.24) is 4.98 Å². The Morgan fingerprint density at radius 2 is 1.89 bits per heavy atom. The van der Waals surface area contributed by atoms with Crippen LogP contribution in [0.2, 0.25) is 0 Å². The molecule has 0 fully saturated rings.